The van der Waals surface area contributed by atoms with E-state index in [1.165, 1.54) is 36.3 Å². The standard InChI is InChI=1S/C31H39NO5/c1-19(33)37-31(28(35)18-36-5)15-14-27-25-12-8-21-16-23(34)11-13-24(21)29(25)26(17-30(27,31)2)20-6-9-22(10-7-20)32(3)4/h6-10,25-27H,11-18H2,1-5H3/t25?,26-,27?,30?,31+/m1/s1. The number of anilines is 1. The summed E-state index contributed by atoms with van der Waals surface area (Å²) < 4.78 is 11.4. The van der Waals surface area contributed by atoms with Crippen LogP contribution in [0.2, 0.25) is 0 Å². The van der Waals surface area contributed by atoms with Crippen LogP contribution in [0.5, 0.6) is 0 Å². The number of fused-ring (bicyclic) bond motifs is 4. The molecule has 4 aliphatic rings. The van der Waals surface area contributed by atoms with Crippen molar-refractivity contribution in [2.45, 2.75) is 70.3 Å². The van der Waals surface area contributed by atoms with E-state index in [1.54, 1.807) is 0 Å². The Balaban J connectivity index is 1.66. The minimum absolute atomic E-state index is 0.0669. The SMILES string of the molecule is COCC(=O)[C@@]1(OC(C)=O)CCC2C3CC=C4CC(=O)CCC4=C3[C@@H](c3ccc(N(C)C)cc3)CC21C. The number of benzene rings is 1. The molecule has 3 unspecified atom stereocenters. The Kier molecular flexibility index (Phi) is 6.68. The summed E-state index contributed by atoms with van der Waals surface area (Å²) in [5, 5.41) is 0. The van der Waals surface area contributed by atoms with E-state index >= 15 is 0 Å². The van der Waals surface area contributed by atoms with Crippen LogP contribution in [0.4, 0.5) is 5.69 Å². The summed E-state index contributed by atoms with van der Waals surface area (Å²) in [6.45, 7) is 3.51. The van der Waals surface area contributed by atoms with E-state index in [1.807, 2.05) is 14.1 Å². The van der Waals surface area contributed by atoms with Gasteiger partial charge in [0.1, 0.15) is 12.4 Å². The monoisotopic (exact) mass is 505 g/mol. The molecule has 6 nitrogen and oxygen atoms in total. The predicted molar refractivity (Wildman–Crippen MR) is 142 cm³/mol. The van der Waals surface area contributed by atoms with Crippen molar-refractivity contribution < 1.29 is 23.9 Å². The fourth-order valence-electron chi connectivity index (χ4n) is 8.06. The molecule has 0 aliphatic heterocycles. The minimum Gasteiger partial charge on any atom is -0.451 e. The van der Waals surface area contributed by atoms with Crippen LogP contribution >= 0.6 is 0 Å². The van der Waals surface area contributed by atoms with Crippen LogP contribution in [0.15, 0.2) is 47.1 Å². The van der Waals surface area contributed by atoms with Gasteiger partial charge in [0.25, 0.3) is 0 Å². The van der Waals surface area contributed by atoms with Gasteiger partial charge in [-0.2, -0.15) is 0 Å². The summed E-state index contributed by atoms with van der Waals surface area (Å²) in [6, 6.07) is 8.72. The van der Waals surface area contributed by atoms with Crippen LogP contribution in [0, 0.1) is 17.3 Å². The number of hydrogen-bond donors (Lipinski definition) is 0. The zero-order valence-corrected chi connectivity index (χ0v) is 22.8. The second-order valence-electron chi connectivity index (χ2n) is 11.8. The molecule has 4 aliphatic carbocycles. The number of methoxy groups -OCH3 is 1. The van der Waals surface area contributed by atoms with E-state index in [4.69, 9.17) is 9.47 Å². The number of rotatable bonds is 6. The molecule has 3 saturated carbocycles. The van der Waals surface area contributed by atoms with Gasteiger partial charge in [-0.05, 0) is 72.8 Å². The number of carbonyl (C=O) groups excluding carboxylic acids is 3. The molecule has 198 valence electrons. The first-order valence-electron chi connectivity index (χ1n) is 13.5. The second kappa shape index (κ2) is 9.54. The number of nitrogens with zero attached hydrogens (tertiary/aromatic N) is 1. The van der Waals surface area contributed by atoms with E-state index < -0.39 is 17.0 Å². The molecule has 0 amide bonds. The third-order valence-corrected chi connectivity index (χ3v) is 9.69. The van der Waals surface area contributed by atoms with Gasteiger partial charge in [-0.3, -0.25) is 14.4 Å². The Hall–Kier alpha value is -2.73. The fourth-order valence-corrected chi connectivity index (χ4v) is 8.06. The molecule has 5 rings (SSSR count). The maximum absolute atomic E-state index is 13.7. The summed E-state index contributed by atoms with van der Waals surface area (Å²) in [6.07, 6.45) is 7.14. The quantitative estimate of drug-likeness (QED) is 0.497. The van der Waals surface area contributed by atoms with Crippen LogP contribution in [0.3, 0.4) is 0 Å². The molecule has 6 heteroatoms. The Morgan fingerprint density at radius 3 is 2.51 bits per heavy atom. The number of ether oxygens (including phenoxy) is 2. The molecule has 0 aromatic heterocycles. The van der Waals surface area contributed by atoms with Gasteiger partial charge in [0.2, 0.25) is 5.78 Å². The number of carbonyl (C=O) groups is 3. The summed E-state index contributed by atoms with van der Waals surface area (Å²) in [7, 11) is 5.59. The third kappa shape index (κ3) is 4.08. The molecule has 0 heterocycles. The van der Waals surface area contributed by atoms with Crippen molar-refractivity contribution in [3.05, 3.63) is 52.6 Å². The number of hydrogen-bond acceptors (Lipinski definition) is 6. The molecule has 0 radical (unpaired) electrons. The summed E-state index contributed by atoms with van der Waals surface area (Å²) in [4.78, 5) is 40.5. The van der Waals surface area contributed by atoms with E-state index in [0.717, 1.165) is 31.4 Å². The second-order valence-corrected chi connectivity index (χ2v) is 11.8. The number of allylic oxidation sites excluding steroid dienone is 4. The van der Waals surface area contributed by atoms with Crippen LogP contribution < -0.4 is 4.90 Å². The molecular weight excluding hydrogens is 466 g/mol. The molecule has 1 aromatic rings. The highest BCUT2D eigenvalue weighted by molar-refractivity contribution is 5.92. The molecule has 1 aromatic carbocycles. The van der Waals surface area contributed by atoms with Gasteiger partial charge in [-0.25, -0.2) is 0 Å². The molecule has 0 bridgehead atoms. The first kappa shape index (κ1) is 25.9. The van der Waals surface area contributed by atoms with E-state index in [-0.39, 0.29) is 30.1 Å². The van der Waals surface area contributed by atoms with Gasteiger partial charge >= 0.3 is 5.97 Å². The Labute approximate surface area is 220 Å². The molecule has 0 saturated heterocycles. The van der Waals surface area contributed by atoms with Gasteiger partial charge in [-0.15, -0.1) is 0 Å². The molecular formula is C31H39NO5. The highest BCUT2D eigenvalue weighted by Gasteiger charge is 2.67. The summed E-state index contributed by atoms with van der Waals surface area (Å²) >= 11 is 0. The molecule has 0 spiro atoms. The predicted octanol–water partition coefficient (Wildman–Crippen LogP) is 5.17. The summed E-state index contributed by atoms with van der Waals surface area (Å²) in [5.41, 5.74) is 4.68. The van der Waals surface area contributed by atoms with Gasteiger partial charge in [0, 0.05) is 58.0 Å². The molecule has 37 heavy (non-hydrogen) atoms. The van der Waals surface area contributed by atoms with Crippen molar-refractivity contribution in [2.24, 2.45) is 17.3 Å². The highest BCUT2D eigenvalue weighted by Crippen LogP contribution is 2.67. The smallest absolute Gasteiger partial charge is 0.303 e. The van der Waals surface area contributed by atoms with E-state index in [9.17, 15) is 14.4 Å². The first-order chi connectivity index (χ1) is 17.6. The number of esters is 1. The van der Waals surface area contributed by atoms with Crippen LogP contribution in [0.1, 0.15) is 70.3 Å². The van der Waals surface area contributed by atoms with Crippen LogP contribution in [-0.4, -0.2) is 50.9 Å². The summed E-state index contributed by atoms with van der Waals surface area (Å²) in [5.74, 6) is 0.335. The minimum atomic E-state index is -1.19. The Morgan fingerprint density at radius 2 is 1.86 bits per heavy atom. The van der Waals surface area contributed by atoms with E-state index in [2.05, 4.69) is 42.2 Å². The van der Waals surface area contributed by atoms with Gasteiger partial charge in [0.15, 0.2) is 5.60 Å². The number of Topliss-reactive ketones (excluding diaryl/α,β-unsaturated/α-hetero) is 2. The average molecular weight is 506 g/mol. The van der Waals surface area contributed by atoms with Crippen molar-refractivity contribution in [2.75, 3.05) is 32.7 Å². The van der Waals surface area contributed by atoms with Crippen molar-refractivity contribution in [3.63, 3.8) is 0 Å². The maximum Gasteiger partial charge on any atom is 0.303 e. The molecule has 3 fully saturated rings. The van der Waals surface area contributed by atoms with Crippen LogP contribution in [-0.2, 0) is 23.9 Å². The van der Waals surface area contributed by atoms with Gasteiger partial charge < -0.3 is 14.4 Å². The van der Waals surface area contributed by atoms with Crippen LogP contribution in [0.25, 0.3) is 0 Å². The lowest BCUT2D eigenvalue weighted by Gasteiger charge is -2.54. The molecule has 0 N–H and O–H groups in total. The zero-order valence-electron chi connectivity index (χ0n) is 22.8. The zero-order chi connectivity index (χ0) is 26.5. The highest BCUT2D eigenvalue weighted by atomic mass is 16.6. The van der Waals surface area contributed by atoms with Crippen molar-refractivity contribution in [1.82, 2.24) is 0 Å². The average Bonchev–Trinajstić information content (AvgIpc) is 3.15. The topological polar surface area (TPSA) is 72.9 Å². The van der Waals surface area contributed by atoms with Gasteiger partial charge in [-0.1, -0.05) is 30.7 Å². The van der Waals surface area contributed by atoms with Crippen molar-refractivity contribution in [1.29, 1.82) is 0 Å². The first-order valence-corrected chi connectivity index (χ1v) is 13.5. The van der Waals surface area contributed by atoms with E-state index in [0.29, 0.717) is 25.0 Å². The number of ketones is 2. The fraction of sp³-hybridized carbons (Fsp3) is 0.581. The van der Waals surface area contributed by atoms with Crippen molar-refractivity contribution >= 4 is 23.2 Å². The molecule has 5 atom stereocenters. The third-order valence-electron chi connectivity index (χ3n) is 9.69. The van der Waals surface area contributed by atoms with Crippen molar-refractivity contribution in [3.8, 4) is 0 Å². The lowest BCUT2D eigenvalue weighted by atomic mass is 9.51. The maximum atomic E-state index is 13.7. The van der Waals surface area contributed by atoms with Gasteiger partial charge in [0.05, 0.1) is 0 Å². The lowest BCUT2D eigenvalue weighted by molar-refractivity contribution is -0.185. The Morgan fingerprint density at radius 1 is 1.14 bits per heavy atom. The Bertz CT molecular complexity index is 1180. The largest absolute Gasteiger partial charge is 0.451 e. The normalized spacial score (nSPS) is 32.7. The lowest BCUT2D eigenvalue weighted by Crippen LogP contribution is -2.58.